The fourth-order valence-corrected chi connectivity index (χ4v) is 5.82. The van der Waals surface area contributed by atoms with Crippen LogP contribution in [0.25, 0.3) is 0 Å². The van der Waals surface area contributed by atoms with Crippen molar-refractivity contribution in [3.63, 3.8) is 0 Å². The van der Waals surface area contributed by atoms with Crippen LogP contribution in [0.2, 0.25) is 0 Å². The first-order chi connectivity index (χ1) is 13.3. The summed E-state index contributed by atoms with van der Waals surface area (Å²) in [7, 11) is -2.54. The van der Waals surface area contributed by atoms with Gasteiger partial charge in [-0.15, -0.1) is 11.3 Å². The molecule has 1 unspecified atom stereocenters. The number of piperidine rings is 1. The Kier molecular flexibility index (Phi) is 5.87. The lowest BCUT2D eigenvalue weighted by molar-refractivity contribution is -0.120. The highest BCUT2D eigenvalue weighted by atomic mass is 32.2. The summed E-state index contributed by atoms with van der Waals surface area (Å²) in [4.78, 5) is 24.8. The molecule has 2 aromatic heterocycles. The predicted octanol–water partition coefficient (Wildman–Crippen LogP) is 2.18. The Bertz CT molecular complexity index is 975. The summed E-state index contributed by atoms with van der Waals surface area (Å²) in [5.74, 6) is -1.17. The molecule has 0 spiro atoms. The Morgan fingerprint density at radius 3 is 2.79 bits per heavy atom. The minimum absolute atomic E-state index is 0.0515. The molecular formula is C17H21N3O6S2. The van der Waals surface area contributed by atoms with Gasteiger partial charge in [0.2, 0.25) is 15.9 Å². The Labute approximate surface area is 166 Å². The molecule has 2 aromatic rings. The molecule has 3 heterocycles. The second-order valence-corrected chi connectivity index (χ2v) is 9.29. The average Bonchev–Trinajstić information content (AvgIpc) is 3.27. The molecule has 28 heavy (non-hydrogen) atoms. The number of aryl methyl sites for hydroxylation is 2. The van der Waals surface area contributed by atoms with Crippen molar-refractivity contribution in [1.29, 1.82) is 0 Å². The number of carbonyl (C=O) groups is 2. The van der Waals surface area contributed by atoms with E-state index in [1.165, 1.54) is 11.4 Å². The molecule has 0 radical (unpaired) electrons. The summed E-state index contributed by atoms with van der Waals surface area (Å²) < 4.78 is 37.0. The molecule has 1 N–H and O–H groups in total. The maximum Gasteiger partial charge on any atom is 0.350 e. The van der Waals surface area contributed by atoms with Crippen molar-refractivity contribution >= 4 is 38.9 Å². The Morgan fingerprint density at radius 1 is 1.39 bits per heavy atom. The number of sulfonamides is 1. The SMILES string of the molecule is COC(=O)c1sccc1NC(=O)C1CCCN(S(=O)(=O)c2c(C)noc2C)C1. The molecular weight excluding hydrogens is 406 g/mol. The van der Waals surface area contributed by atoms with Crippen molar-refractivity contribution in [2.45, 2.75) is 31.6 Å². The summed E-state index contributed by atoms with van der Waals surface area (Å²) >= 11 is 1.16. The molecule has 1 fully saturated rings. The molecule has 1 atom stereocenters. The third kappa shape index (κ3) is 3.82. The van der Waals surface area contributed by atoms with Crippen LogP contribution in [0.15, 0.2) is 20.9 Å². The zero-order valence-electron chi connectivity index (χ0n) is 15.7. The molecule has 0 aliphatic carbocycles. The number of aromatic nitrogens is 1. The number of amides is 1. The van der Waals surface area contributed by atoms with Crippen molar-refractivity contribution in [3.8, 4) is 0 Å². The molecule has 1 saturated heterocycles. The summed E-state index contributed by atoms with van der Waals surface area (Å²) in [6, 6.07) is 1.62. The normalized spacial score (nSPS) is 18.0. The van der Waals surface area contributed by atoms with Crippen LogP contribution in [0.5, 0.6) is 0 Å². The topological polar surface area (TPSA) is 119 Å². The van der Waals surface area contributed by atoms with E-state index in [9.17, 15) is 18.0 Å². The number of nitrogens with zero attached hydrogens (tertiary/aromatic N) is 2. The minimum Gasteiger partial charge on any atom is -0.465 e. The number of methoxy groups -OCH3 is 1. The van der Waals surface area contributed by atoms with Gasteiger partial charge in [-0.1, -0.05) is 5.16 Å². The lowest BCUT2D eigenvalue weighted by Gasteiger charge is -2.31. The highest BCUT2D eigenvalue weighted by Gasteiger charge is 2.36. The van der Waals surface area contributed by atoms with Gasteiger partial charge in [-0.25, -0.2) is 13.2 Å². The van der Waals surface area contributed by atoms with Crippen LogP contribution in [0.4, 0.5) is 5.69 Å². The van der Waals surface area contributed by atoms with Gasteiger partial charge in [0.15, 0.2) is 5.76 Å². The van der Waals surface area contributed by atoms with Gasteiger partial charge in [-0.2, -0.15) is 4.31 Å². The standard InChI is InChI=1S/C17H21N3O6S2/c1-10-15(11(2)26-19-10)28(23,24)20-7-4-5-12(9-20)16(21)18-13-6-8-27-14(13)17(22)25-3/h6,8,12H,4-5,7,9H2,1-3H3,(H,18,21). The van der Waals surface area contributed by atoms with Crippen LogP contribution in [0.1, 0.15) is 34.0 Å². The number of rotatable bonds is 5. The van der Waals surface area contributed by atoms with Crippen molar-refractivity contribution < 1.29 is 27.3 Å². The first-order valence-corrected chi connectivity index (χ1v) is 11.0. The number of esters is 1. The quantitative estimate of drug-likeness (QED) is 0.726. The fourth-order valence-electron chi connectivity index (χ4n) is 3.24. The van der Waals surface area contributed by atoms with Gasteiger partial charge in [-0.05, 0) is 38.1 Å². The van der Waals surface area contributed by atoms with Gasteiger partial charge in [-0.3, -0.25) is 4.79 Å². The molecule has 152 valence electrons. The Morgan fingerprint density at radius 2 is 2.14 bits per heavy atom. The molecule has 3 rings (SSSR count). The van der Waals surface area contributed by atoms with E-state index in [0.29, 0.717) is 35.6 Å². The summed E-state index contributed by atoms with van der Waals surface area (Å²) in [6.07, 6.45) is 1.10. The predicted molar refractivity (Wildman–Crippen MR) is 102 cm³/mol. The largest absolute Gasteiger partial charge is 0.465 e. The van der Waals surface area contributed by atoms with Crippen LogP contribution in [-0.2, 0) is 19.6 Å². The third-order valence-electron chi connectivity index (χ3n) is 4.61. The highest BCUT2D eigenvalue weighted by Crippen LogP contribution is 2.29. The van der Waals surface area contributed by atoms with Gasteiger partial charge in [0.1, 0.15) is 15.5 Å². The fraction of sp³-hybridized carbons (Fsp3) is 0.471. The van der Waals surface area contributed by atoms with Gasteiger partial charge in [0, 0.05) is 13.1 Å². The van der Waals surface area contributed by atoms with Crippen LogP contribution in [0, 0.1) is 19.8 Å². The summed E-state index contributed by atoms with van der Waals surface area (Å²) in [6.45, 7) is 3.49. The molecule has 1 amide bonds. The van der Waals surface area contributed by atoms with Gasteiger partial charge >= 0.3 is 5.97 Å². The monoisotopic (exact) mass is 427 g/mol. The number of hydrogen-bond acceptors (Lipinski definition) is 8. The Balaban J connectivity index is 1.76. The van der Waals surface area contributed by atoms with Crippen molar-refractivity contribution in [2.24, 2.45) is 5.92 Å². The molecule has 1 aliphatic rings. The number of nitrogens with one attached hydrogen (secondary N) is 1. The second-order valence-electron chi connectivity index (χ2n) is 6.50. The van der Waals surface area contributed by atoms with Crippen LogP contribution in [0.3, 0.4) is 0 Å². The molecule has 0 bridgehead atoms. The van der Waals surface area contributed by atoms with E-state index >= 15 is 0 Å². The van der Waals surface area contributed by atoms with Crippen molar-refractivity contribution in [1.82, 2.24) is 9.46 Å². The van der Waals surface area contributed by atoms with Crippen LogP contribution < -0.4 is 5.32 Å². The van der Waals surface area contributed by atoms with Crippen molar-refractivity contribution in [2.75, 3.05) is 25.5 Å². The third-order valence-corrected chi connectivity index (χ3v) is 7.62. The van der Waals surface area contributed by atoms with E-state index in [-0.39, 0.29) is 23.1 Å². The van der Waals surface area contributed by atoms with Gasteiger partial charge in [0.05, 0.1) is 18.7 Å². The summed E-state index contributed by atoms with van der Waals surface area (Å²) in [5.41, 5.74) is 0.664. The molecule has 11 heteroatoms. The number of ether oxygens (including phenoxy) is 1. The average molecular weight is 428 g/mol. The number of hydrogen-bond donors (Lipinski definition) is 1. The Hall–Kier alpha value is -2.24. The zero-order valence-corrected chi connectivity index (χ0v) is 17.4. The van der Waals surface area contributed by atoms with E-state index in [0.717, 1.165) is 11.3 Å². The number of thiophene rings is 1. The lowest BCUT2D eigenvalue weighted by atomic mass is 9.99. The van der Waals surface area contributed by atoms with Gasteiger partial charge < -0.3 is 14.6 Å². The second kappa shape index (κ2) is 8.02. The molecule has 0 aromatic carbocycles. The number of anilines is 1. The van der Waals surface area contributed by atoms with E-state index in [1.54, 1.807) is 25.3 Å². The highest BCUT2D eigenvalue weighted by molar-refractivity contribution is 7.89. The zero-order chi connectivity index (χ0) is 20.5. The first kappa shape index (κ1) is 20.5. The minimum atomic E-state index is -3.81. The van der Waals surface area contributed by atoms with Gasteiger partial charge in [0.25, 0.3) is 0 Å². The van der Waals surface area contributed by atoms with Crippen molar-refractivity contribution in [3.05, 3.63) is 27.8 Å². The van der Waals surface area contributed by atoms with Crippen LogP contribution >= 0.6 is 11.3 Å². The maximum absolute atomic E-state index is 13.0. The number of carbonyl (C=O) groups excluding carboxylic acids is 2. The van der Waals surface area contributed by atoms with E-state index < -0.39 is 21.9 Å². The lowest BCUT2D eigenvalue weighted by Crippen LogP contribution is -2.44. The molecule has 1 aliphatic heterocycles. The smallest absolute Gasteiger partial charge is 0.350 e. The first-order valence-electron chi connectivity index (χ1n) is 8.65. The molecule has 0 saturated carbocycles. The molecule has 9 nitrogen and oxygen atoms in total. The van der Waals surface area contributed by atoms with E-state index in [1.807, 2.05) is 0 Å². The van der Waals surface area contributed by atoms with E-state index in [2.05, 4.69) is 10.5 Å². The summed E-state index contributed by atoms with van der Waals surface area (Å²) in [5, 5.41) is 8.11. The maximum atomic E-state index is 13.0. The van der Waals surface area contributed by atoms with E-state index in [4.69, 9.17) is 9.26 Å². The van der Waals surface area contributed by atoms with Crippen LogP contribution in [-0.4, -0.2) is 50.0 Å².